The van der Waals surface area contributed by atoms with E-state index in [0.29, 0.717) is 32.1 Å². The van der Waals surface area contributed by atoms with Crippen LogP contribution in [-0.2, 0) is 19.1 Å². The normalized spacial score (nSPS) is 36.4. The van der Waals surface area contributed by atoms with E-state index in [2.05, 4.69) is 19.2 Å². The Labute approximate surface area is 147 Å². The number of rotatable bonds is 4. The molecule has 0 unspecified atom stereocenters. The van der Waals surface area contributed by atoms with Gasteiger partial charge in [-0.1, -0.05) is 26.0 Å². The zero-order valence-corrected chi connectivity index (χ0v) is 14.7. The van der Waals surface area contributed by atoms with Gasteiger partial charge >= 0.3 is 0 Å². The predicted octanol–water partition coefficient (Wildman–Crippen LogP) is -0.227. The van der Waals surface area contributed by atoms with Crippen LogP contribution in [0.25, 0.3) is 0 Å². The smallest absolute Gasteiger partial charge is 0.239 e. The molecule has 136 valence electrons. The Morgan fingerprint density at radius 1 is 1.44 bits per heavy atom. The lowest BCUT2D eigenvalue weighted by Crippen LogP contribution is -2.54. The molecule has 0 saturated carbocycles. The summed E-state index contributed by atoms with van der Waals surface area (Å²) in [6.07, 6.45) is 4.48. The molecule has 0 aromatic rings. The van der Waals surface area contributed by atoms with Crippen molar-refractivity contribution in [3.63, 3.8) is 0 Å². The third-order valence-corrected chi connectivity index (χ3v) is 5.79. The van der Waals surface area contributed by atoms with E-state index in [0.717, 1.165) is 6.42 Å². The summed E-state index contributed by atoms with van der Waals surface area (Å²) in [7, 11) is 0. The number of hydrogen-bond acceptors (Lipinski definition) is 4. The van der Waals surface area contributed by atoms with Gasteiger partial charge < -0.3 is 19.9 Å². The van der Waals surface area contributed by atoms with Gasteiger partial charge in [-0.15, -0.1) is 0 Å². The van der Waals surface area contributed by atoms with E-state index >= 15 is 0 Å². The van der Waals surface area contributed by atoms with E-state index in [1.165, 1.54) is 0 Å². The van der Waals surface area contributed by atoms with Crippen LogP contribution in [0.3, 0.4) is 0 Å². The van der Waals surface area contributed by atoms with Crippen LogP contribution in [0.5, 0.6) is 0 Å². The number of nitrogens with zero attached hydrogens (tertiary/aromatic N) is 2. The third kappa shape index (κ3) is 2.56. The maximum absolute atomic E-state index is 13.1. The minimum Gasteiger partial charge on any atom is -0.360 e. The standard InChI is InChI=1S/C18H25N3O4/c1-11(2)4-7-21-10-18-5-3-12(25-18)14(15(18)17(21)24)16(23)20-8-6-19-13(22)9-20/h3,5,11-12,14-15H,4,6-10H2,1-2H3,(H,19,22)/t12-,14-,15-,18-/m0/s1. The van der Waals surface area contributed by atoms with Gasteiger partial charge in [-0.25, -0.2) is 0 Å². The number of likely N-dealkylation sites (tertiary alicyclic amines) is 1. The lowest BCUT2D eigenvalue weighted by molar-refractivity contribution is -0.146. The van der Waals surface area contributed by atoms with Crippen LogP contribution in [0.4, 0.5) is 0 Å². The van der Waals surface area contributed by atoms with E-state index in [4.69, 9.17) is 4.74 Å². The first kappa shape index (κ1) is 16.6. The van der Waals surface area contributed by atoms with E-state index in [1.807, 2.05) is 17.1 Å². The molecule has 4 rings (SSSR count). The molecule has 4 heterocycles. The summed E-state index contributed by atoms with van der Waals surface area (Å²) in [6.45, 7) is 6.51. The number of nitrogens with one attached hydrogen (secondary N) is 1. The summed E-state index contributed by atoms with van der Waals surface area (Å²) in [5.74, 6) is -0.699. The number of fused-ring (bicyclic) bond motifs is 1. The van der Waals surface area contributed by atoms with Crippen molar-refractivity contribution in [3.8, 4) is 0 Å². The number of carbonyl (C=O) groups is 3. The molecule has 7 nitrogen and oxygen atoms in total. The van der Waals surface area contributed by atoms with Gasteiger partial charge in [0.25, 0.3) is 0 Å². The Hall–Kier alpha value is -1.89. The zero-order chi connectivity index (χ0) is 17.8. The lowest BCUT2D eigenvalue weighted by Gasteiger charge is -2.32. The molecule has 25 heavy (non-hydrogen) atoms. The molecule has 7 heteroatoms. The molecular formula is C18H25N3O4. The van der Waals surface area contributed by atoms with E-state index < -0.39 is 17.4 Å². The molecule has 3 fully saturated rings. The summed E-state index contributed by atoms with van der Waals surface area (Å²) in [5.41, 5.74) is -0.656. The molecule has 0 aliphatic carbocycles. The van der Waals surface area contributed by atoms with E-state index in [1.54, 1.807) is 4.90 Å². The second kappa shape index (κ2) is 5.83. The quantitative estimate of drug-likeness (QED) is 0.713. The lowest BCUT2D eigenvalue weighted by atomic mass is 9.76. The van der Waals surface area contributed by atoms with Crippen molar-refractivity contribution < 1.29 is 19.1 Å². The highest BCUT2D eigenvalue weighted by molar-refractivity contribution is 5.94. The second-order valence-corrected chi connectivity index (χ2v) is 7.95. The first-order chi connectivity index (χ1) is 11.9. The number of piperazine rings is 1. The van der Waals surface area contributed by atoms with Crippen molar-refractivity contribution in [2.24, 2.45) is 17.8 Å². The monoisotopic (exact) mass is 347 g/mol. The summed E-state index contributed by atoms with van der Waals surface area (Å²) < 4.78 is 6.12. The molecule has 1 N–H and O–H groups in total. The van der Waals surface area contributed by atoms with Crippen molar-refractivity contribution in [2.75, 3.05) is 32.7 Å². The molecule has 0 radical (unpaired) electrons. The largest absolute Gasteiger partial charge is 0.360 e. The second-order valence-electron chi connectivity index (χ2n) is 7.95. The van der Waals surface area contributed by atoms with Crippen molar-refractivity contribution >= 4 is 17.7 Å². The van der Waals surface area contributed by atoms with Gasteiger partial charge in [-0.05, 0) is 12.3 Å². The summed E-state index contributed by atoms with van der Waals surface area (Å²) >= 11 is 0. The van der Waals surface area contributed by atoms with Gasteiger partial charge in [0.2, 0.25) is 17.7 Å². The topological polar surface area (TPSA) is 79.0 Å². The van der Waals surface area contributed by atoms with Crippen molar-refractivity contribution in [2.45, 2.75) is 32.0 Å². The fraction of sp³-hybridized carbons (Fsp3) is 0.722. The van der Waals surface area contributed by atoms with Crippen LogP contribution in [0.1, 0.15) is 20.3 Å². The van der Waals surface area contributed by atoms with Gasteiger partial charge in [0.1, 0.15) is 5.60 Å². The van der Waals surface area contributed by atoms with Crippen LogP contribution >= 0.6 is 0 Å². The number of amides is 3. The Bertz CT molecular complexity index is 646. The van der Waals surface area contributed by atoms with Crippen LogP contribution in [-0.4, -0.2) is 72.0 Å². The SMILES string of the molecule is CC(C)CCN1C[C@]23C=C[C@H](O2)[C@H](C(=O)N2CCNC(=O)C2)[C@H]3C1=O. The average Bonchev–Trinajstić information content (AvgIpc) is 3.20. The van der Waals surface area contributed by atoms with Crippen LogP contribution < -0.4 is 5.32 Å². The van der Waals surface area contributed by atoms with E-state index in [-0.39, 0.29) is 30.4 Å². The molecule has 1 spiro atoms. The van der Waals surface area contributed by atoms with Gasteiger partial charge in [0.15, 0.2) is 0 Å². The van der Waals surface area contributed by atoms with Crippen LogP contribution in [0.2, 0.25) is 0 Å². The fourth-order valence-corrected chi connectivity index (χ4v) is 4.50. The van der Waals surface area contributed by atoms with E-state index in [9.17, 15) is 14.4 Å². The minimum absolute atomic E-state index is 0.0207. The summed E-state index contributed by atoms with van der Waals surface area (Å²) in [5, 5.41) is 2.73. The minimum atomic E-state index is -0.656. The average molecular weight is 347 g/mol. The molecule has 3 saturated heterocycles. The number of carbonyl (C=O) groups excluding carboxylic acids is 3. The Balaban J connectivity index is 1.54. The highest BCUT2D eigenvalue weighted by Crippen LogP contribution is 2.52. The molecule has 4 atom stereocenters. The predicted molar refractivity (Wildman–Crippen MR) is 89.3 cm³/mol. The first-order valence-corrected chi connectivity index (χ1v) is 9.13. The Morgan fingerprint density at radius 3 is 2.96 bits per heavy atom. The molecule has 4 aliphatic heterocycles. The first-order valence-electron chi connectivity index (χ1n) is 9.13. The van der Waals surface area contributed by atoms with Gasteiger partial charge in [0.05, 0.1) is 31.0 Å². The highest BCUT2D eigenvalue weighted by atomic mass is 16.5. The maximum Gasteiger partial charge on any atom is 0.239 e. The fourth-order valence-electron chi connectivity index (χ4n) is 4.50. The molecule has 0 aromatic heterocycles. The highest BCUT2D eigenvalue weighted by Gasteiger charge is 2.67. The summed E-state index contributed by atoms with van der Waals surface area (Å²) in [4.78, 5) is 41.1. The molecule has 0 aromatic carbocycles. The van der Waals surface area contributed by atoms with Crippen LogP contribution in [0, 0.1) is 17.8 Å². The van der Waals surface area contributed by atoms with Gasteiger partial charge in [-0.3, -0.25) is 14.4 Å². The van der Waals surface area contributed by atoms with Gasteiger partial charge in [0, 0.05) is 19.6 Å². The summed E-state index contributed by atoms with van der Waals surface area (Å²) in [6, 6.07) is 0. The molecule has 4 aliphatic rings. The zero-order valence-electron chi connectivity index (χ0n) is 14.7. The Morgan fingerprint density at radius 2 is 2.24 bits per heavy atom. The van der Waals surface area contributed by atoms with Crippen molar-refractivity contribution in [3.05, 3.63) is 12.2 Å². The molecular weight excluding hydrogens is 322 g/mol. The molecule has 2 bridgehead atoms. The number of hydrogen-bond donors (Lipinski definition) is 1. The van der Waals surface area contributed by atoms with Gasteiger partial charge in [-0.2, -0.15) is 0 Å². The van der Waals surface area contributed by atoms with Crippen LogP contribution in [0.15, 0.2) is 12.2 Å². The maximum atomic E-state index is 13.1. The third-order valence-electron chi connectivity index (χ3n) is 5.79. The number of ether oxygens (including phenoxy) is 1. The van der Waals surface area contributed by atoms with Crippen molar-refractivity contribution in [1.29, 1.82) is 0 Å². The Kier molecular flexibility index (Phi) is 3.86. The molecule has 3 amide bonds. The van der Waals surface area contributed by atoms with Crippen molar-refractivity contribution in [1.82, 2.24) is 15.1 Å².